The molecule has 1 fully saturated rings. The molecule has 28 heavy (non-hydrogen) atoms. The molecule has 0 bridgehead atoms. The standard InChI is InChI=1S/C22H23ClN4S/c1-2-10-24-11-13-25(14-12-24)17-27-21-15-19(23)8-9-20(21)26(22(27)28)16-18-6-4-3-5-7-18/h1,3-9,15H,10-14,16-17H2. The van der Waals surface area contributed by atoms with E-state index in [1.165, 1.54) is 5.56 Å². The zero-order valence-corrected chi connectivity index (χ0v) is 17.3. The highest BCUT2D eigenvalue weighted by atomic mass is 35.5. The minimum Gasteiger partial charge on any atom is -0.312 e. The number of nitrogens with zero attached hydrogens (tertiary/aromatic N) is 4. The molecule has 0 spiro atoms. The third-order valence-corrected chi connectivity index (χ3v) is 5.96. The number of aromatic nitrogens is 2. The maximum absolute atomic E-state index is 6.31. The van der Waals surface area contributed by atoms with Crippen molar-refractivity contribution in [3.8, 4) is 12.3 Å². The molecule has 0 amide bonds. The monoisotopic (exact) mass is 410 g/mol. The second-order valence-corrected chi connectivity index (χ2v) is 7.96. The zero-order chi connectivity index (χ0) is 19.5. The molecule has 0 atom stereocenters. The van der Waals surface area contributed by atoms with Gasteiger partial charge in [0.05, 0.1) is 30.8 Å². The number of halogens is 1. The van der Waals surface area contributed by atoms with Crippen molar-refractivity contribution in [2.24, 2.45) is 0 Å². The number of rotatable bonds is 5. The minimum absolute atomic E-state index is 0.721. The Hall–Kier alpha value is -2.10. The van der Waals surface area contributed by atoms with Gasteiger partial charge < -0.3 is 9.13 Å². The summed E-state index contributed by atoms with van der Waals surface area (Å²) in [7, 11) is 0. The van der Waals surface area contributed by atoms with E-state index in [1.54, 1.807) is 0 Å². The van der Waals surface area contributed by atoms with E-state index < -0.39 is 0 Å². The van der Waals surface area contributed by atoms with E-state index in [0.717, 1.165) is 66.8 Å². The van der Waals surface area contributed by atoms with Crippen LogP contribution >= 0.6 is 23.8 Å². The molecule has 1 aliphatic heterocycles. The fraction of sp³-hybridized carbons (Fsp3) is 0.318. The SMILES string of the molecule is C#CCN1CCN(Cn2c(=S)n(Cc3ccccc3)c3ccc(Cl)cc32)CC1. The predicted octanol–water partition coefficient (Wildman–Crippen LogP) is 4.08. The van der Waals surface area contributed by atoms with E-state index in [4.69, 9.17) is 30.2 Å². The molecule has 1 aliphatic rings. The highest BCUT2D eigenvalue weighted by Gasteiger charge is 2.19. The molecular weight excluding hydrogens is 388 g/mol. The Morgan fingerprint density at radius 3 is 2.36 bits per heavy atom. The Balaban J connectivity index is 1.65. The molecule has 6 heteroatoms. The summed E-state index contributed by atoms with van der Waals surface area (Å²) < 4.78 is 5.23. The van der Waals surface area contributed by atoms with Gasteiger partial charge >= 0.3 is 0 Å². The van der Waals surface area contributed by atoms with Crippen molar-refractivity contribution in [3.05, 3.63) is 63.9 Å². The minimum atomic E-state index is 0.721. The summed E-state index contributed by atoms with van der Waals surface area (Å²) in [6, 6.07) is 16.4. The van der Waals surface area contributed by atoms with Crippen LogP contribution in [-0.2, 0) is 13.2 Å². The van der Waals surface area contributed by atoms with Crippen molar-refractivity contribution in [1.29, 1.82) is 0 Å². The summed E-state index contributed by atoms with van der Waals surface area (Å²) in [5, 5.41) is 0.729. The van der Waals surface area contributed by atoms with Gasteiger partial charge in [0, 0.05) is 31.2 Å². The molecule has 1 aromatic heterocycles. The Bertz CT molecular complexity index is 1060. The summed E-state index contributed by atoms with van der Waals surface area (Å²) in [5.74, 6) is 2.74. The largest absolute Gasteiger partial charge is 0.312 e. The molecule has 0 radical (unpaired) electrons. The smallest absolute Gasteiger partial charge is 0.182 e. The Labute approximate surface area is 175 Å². The van der Waals surface area contributed by atoms with Crippen LogP contribution in [0.4, 0.5) is 0 Å². The van der Waals surface area contributed by atoms with Gasteiger partial charge in [-0.1, -0.05) is 47.9 Å². The molecule has 4 nitrogen and oxygen atoms in total. The summed E-state index contributed by atoms with van der Waals surface area (Å²) in [6.07, 6.45) is 5.44. The van der Waals surface area contributed by atoms with Gasteiger partial charge in [-0.05, 0) is 36.0 Å². The topological polar surface area (TPSA) is 16.3 Å². The van der Waals surface area contributed by atoms with Gasteiger partial charge in [-0.2, -0.15) is 0 Å². The molecule has 0 saturated carbocycles. The summed E-state index contributed by atoms with van der Waals surface area (Å²) in [4.78, 5) is 4.74. The lowest BCUT2D eigenvalue weighted by atomic mass is 10.2. The van der Waals surface area contributed by atoms with Crippen LogP contribution in [0.1, 0.15) is 5.56 Å². The lowest BCUT2D eigenvalue weighted by Gasteiger charge is -2.33. The molecular formula is C22H23ClN4S. The van der Waals surface area contributed by atoms with Gasteiger partial charge in [0.2, 0.25) is 0 Å². The number of imidazole rings is 1. The van der Waals surface area contributed by atoms with Crippen molar-refractivity contribution >= 4 is 34.9 Å². The second kappa shape index (κ2) is 8.50. The molecule has 3 aromatic rings. The van der Waals surface area contributed by atoms with Crippen molar-refractivity contribution < 1.29 is 0 Å². The van der Waals surface area contributed by atoms with Crippen LogP contribution in [0.25, 0.3) is 11.0 Å². The molecule has 2 aromatic carbocycles. The number of terminal acetylenes is 1. The average molecular weight is 411 g/mol. The molecule has 0 N–H and O–H groups in total. The molecule has 4 rings (SSSR count). The summed E-state index contributed by atoms with van der Waals surface area (Å²) in [6.45, 7) is 6.17. The van der Waals surface area contributed by atoms with E-state index in [-0.39, 0.29) is 0 Å². The van der Waals surface area contributed by atoms with Crippen LogP contribution in [-0.4, -0.2) is 51.7 Å². The van der Waals surface area contributed by atoms with Crippen molar-refractivity contribution in [2.75, 3.05) is 32.7 Å². The molecule has 0 aliphatic carbocycles. The van der Waals surface area contributed by atoms with Crippen LogP contribution in [0.3, 0.4) is 0 Å². The quantitative estimate of drug-likeness (QED) is 0.465. The fourth-order valence-corrected chi connectivity index (χ4v) is 4.25. The highest BCUT2D eigenvalue weighted by molar-refractivity contribution is 7.71. The van der Waals surface area contributed by atoms with Crippen LogP contribution in [0.2, 0.25) is 5.02 Å². The zero-order valence-electron chi connectivity index (χ0n) is 15.7. The second-order valence-electron chi connectivity index (χ2n) is 7.16. The van der Waals surface area contributed by atoms with Gasteiger partial charge in [-0.15, -0.1) is 6.42 Å². The number of piperazine rings is 1. The van der Waals surface area contributed by atoms with Crippen LogP contribution in [0.5, 0.6) is 0 Å². The first kappa shape index (κ1) is 19.2. The first-order chi connectivity index (χ1) is 13.7. The number of hydrogen-bond acceptors (Lipinski definition) is 3. The maximum atomic E-state index is 6.31. The molecule has 2 heterocycles. The summed E-state index contributed by atoms with van der Waals surface area (Å²) >= 11 is 12.2. The number of fused-ring (bicyclic) bond motifs is 1. The molecule has 1 saturated heterocycles. The van der Waals surface area contributed by atoms with Gasteiger partial charge in [-0.25, -0.2) is 0 Å². The number of benzene rings is 2. The first-order valence-electron chi connectivity index (χ1n) is 9.46. The number of hydrogen-bond donors (Lipinski definition) is 0. The Morgan fingerprint density at radius 1 is 0.929 bits per heavy atom. The van der Waals surface area contributed by atoms with Gasteiger partial charge in [0.25, 0.3) is 0 Å². The normalized spacial score (nSPS) is 15.7. The van der Waals surface area contributed by atoms with E-state index in [9.17, 15) is 0 Å². The van der Waals surface area contributed by atoms with Crippen molar-refractivity contribution in [3.63, 3.8) is 0 Å². The van der Waals surface area contributed by atoms with Crippen molar-refractivity contribution in [1.82, 2.24) is 18.9 Å². The van der Waals surface area contributed by atoms with Gasteiger partial charge in [0.15, 0.2) is 4.77 Å². The fourth-order valence-electron chi connectivity index (χ4n) is 3.77. The average Bonchev–Trinajstić information content (AvgIpc) is 2.95. The van der Waals surface area contributed by atoms with Crippen molar-refractivity contribution in [2.45, 2.75) is 13.2 Å². The lowest BCUT2D eigenvalue weighted by Crippen LogP contribution is -2.46. The molecule has 144 valence electrons. The van der Waals surface area contributed by atoms with Gasteiger partial charge in [-0.3, -0.25) is 9.80 Å². The third-order valence-electron chi connectivity index (χ3n) is 5.29. The molecule has 0 unspecified atom stereocenters. The maximum Gasteiger partial charge on any atom is 0.182 e. The van der Waals surface area contributed by atoms with Crippen LogP contribution in [0.15, 0.2) is 48.5 Å². The first-order valence-corrected chi connectivity index (χ1v) is 10.2. The predicted molar refractivity (Wildman–Crippen MR) is 118 cm³/mol. The van der Waals surface area contributed by atoms with Gasteiger partial charge in [0.1, 0.15) is 0 Å². The van der Waals surface area contributed by atoms with Crippen LogP contribution < -0.4 is 0 Å². The summed E-state index contributed by atoms with van der Waals surface area (Å²) in [5.41, 5.74) is 3.43. The Morgan fingerprint density at radius 2 is 1.64 bits per heavy atom. The Kier molecular flexibility index (Phi) is 5.84. The van der Waals surface area contributed by atoms with E-state index >= 15 is 0 Å². The lowest BCUT2D eigenvalue weighted by molar-refractivity contribution is 0.117. The van der Waals surface area contributed by atoms with E-state index in [0.29, 0.717) is 0 Å². The third kappa shape index (κ3) is 4.01. The van der Waals surface area contributed by atoms with Crippen LogP contribution in [0, 0.1) is 17.1 Å². The highest BCUT2D eigenvalue weighted by Crippen LogP contribution is 2.24. The van der Waals surface area contributed by atoms with E-state index in [2.05, 4.69) is 55.2 Å². The van der Waals surface area contributed by atoms with E-state index in [1.807, 2.05) is 18.2 Å².